The predicted octanol–water partition coefficient (Wildman–Crippen LogP) is 3.70. The van der Waals surface area contributed by atoms with Crippen molar-refractivity contribution in [1.82, 2.24) is 4.40 Å². The van der Waals surface area contributed by atoms with Crippen LogP contribution < -0.4 is 0 Å². The molecule has 2 aromatic heterocycles. The van der Waals surface area contributed by atoms with Crippen molar-refractivity contribution in [2.24, 2.45) is 0 Å². The Bertz CT molecular complexity index is 542. The van der Waals surface area contributed by atoms with Gasteiger partial charge in [-0.15, -0.1) is 0 Å². The third-order valence-corrected chi connectivity index (χ3v) is 3.68. The van der Waals surface area contributed by atoms with Crippen LogP contribution in [0.1, 0.15) is 36.2 Å². The molecule has 0 aliphatic rings. The molecule has 0 aromatic carbocycles. The molecule has 2 rings (SSSR count). The summed E-state index contributed by atoms with van der Waals surface area (Å²) in [7, 11) is 0. The fraction of sp³-hybridized carbons (Fsp3) is 0.308. The van der Waals surface area contributed by atoms with Crippen molar-refractivity contribution in [2.45, 2.75) is 26.7 Å². The summed E-state index contributed by atoms with van der Waals surface area (Å²) in [6.45, 7) is 4.03. The maximum absolute atomic E-state index is 11.8. The van der Waals surface area contributed by atoms with E-state index in [0.29, 0.717) is 6.42 Å². The van der Waals surface area contributed by atoms with Gasteiger partial charge in [-0.3, -0.25) is 4.79 Å². The largest absolute Gasteiger partial charge is 0.311 e. The third kappa shape index (κ3) is 1.88. The van der Waals surface area contributed by atoms with Crippen LogP contribution in [0, 0.1) is 3.70 Å². The number of aromatic nitrogens is 1. The quantitative estimate of drug-likeness (QED) is 0.479. The van der Waals surface area contributed by atoms with Crippen molar-refractivity contribution in [1.29, 1.82) is 0 Å². The Balaban J connectivity index is 2.72. The molecule has 0 aliphatic heterocycles. The van der Waals surface area contributed by atoms with Crippen molar-refractivity contribution in [2.75, 3.05) is 0 Å². The summed E-state index contributed by atoms with van der Waals surface area (Å²) in [5, 5.41) is 0. The van der Waals surface area contributed by atoms with Crippen LogP contribution in [0.15, 0.2) is 24.4 Å². The third-order valence-electron chi connectivity index (χ3n) is 2.80. The van der Waals surface area contributed by atoms with Gasteiger partial charge in [0.2, 0.25) is 0 Å². The monoisotopic (exact) mass is 327 g/mol. The lowest BCUT2D eigenvalue weighted by Gasteiger charge is -2.04. The number of fused-ring (bicyclic) bond motifs is 1. The predicted molar refractivity (Wildman–Crippen MR) is 74.1 cm³/mol. The van der Waals surface area contributed by atoms with Crippen LogP contribution in [0.4, 0.5) is 0 Å². The number of aryl methyl sites for hydroxylation is 1. The Morgan fingerprint density at radius 2 is 2.12 bits per heavy atom. The van der Waals surface area contributed by atoms with E-state index in [2.05, 4.69) is 46.2 Å². The molecule has 2 heterocycles. The van der Waals surface area contributed by atoms with E-state index in [0.717, 1.165) is 21.2 Å². The van der Waals surface area contributed by atoms with E-state index in [1.807, 2.05) is 19.1 Å². The molecular formula is C13H14INO. The Morgan fingerprint density at radius 3 is 2.75 bits per heavy atom. The number of pyridine rings is 1. The second-order valence-corrected chi connectivity index (χ2v) is 4.91. The maximum Gasteiger partial charge on any atom is 0.164 e. The number of rotatable bonds is 3. The molecule has 16 heavy (non-hydrogen) atoms. The summed E-state index contributed by atoms with van der Waals surface area (Å²) in [5.74, 6) is 0.210. The second kappa shape index (κ2) is 4.57. The molecule has 0 fully saturated rings. The number of carbonyl (C=O) groups excluding carboxylic acids is 1. The smallest absolute Gasteiger partial charge is 0.164 e. The number of hydrogen-bond donors (Lipinski definition) is 0. The van der Waals surface area contributed by atoms with Gasteiger partial charge in [-0.1, -0.05) is 13.8 Å². The fourth-order valence-corrected chi connectivity index (χ4v) is 2.42. The summed E-state index contributed by atoms with van der Waals surface area (Å²) in [4.78, 5) is 11.8. The van der Waals surface area contributed by atoms with Crippen LogP contribution in [0.25, 0.3) is 5.52 Å². The van der Waals surface area contributed by atoms with E-state index < -0.39 is 0 Å². The standard InChI is InChI=1S/C13H14INO/c1-3-9-7-11-10(12(16)4-2)5-6-13(14)15(11)8-9/h5-8H,3-4H2,1-2H3. The first-order valence-electron chi connectivity index (χ1n) is 5.50. The zero-order valence-corrected chi connectivity index (χ0v) is 11.6. The van der Waals surface area contributed by atoms with Gasteiger partial charge in [0.1, 0.15) is 0 Å². The number of carbonyl (C=O) groups is 1. The van der Waals surface area contributed by atoms with Crippen LogP contribution in [-0.2, 0) is 6.42 Å². The van der Waals surface area contributed by atoms with Gasteiger partial charge in [0.15, 0.2) is 5.78 Å². The highest BCUT2D eigenvalue weighted by Crippen LogP contribution is 2.20. The normalized spacial score (nSPS) is 10.9. The first-order chi connectivity index (χ1) is 7.67. The zero-order valence-electron chi connectivity index (χ0n) is 9.46. The summed E-state index contributed by atoms with van der Waals surface area (Å²) in [6.07, 6.45) is 3.67. The first kappa shape index (κ1) is 11.6. The molecule has 0 radical (unpaired) electrons. The van der Waals surface area contributed by atoms with E-state index in [1.54, 1.807) is 0 Å². The van der Waals surface area contributed by atoms with E-state index in [-0.39, 0.29) is 5.78 Å². The number of Topliss-reactive ketones (excluding diaryl/α,β-unsaturated/α-hetero) is 1. The van der Waals surface area contributed by atoms with Gasteiger partial charge < -0.3 is 4.40 Å². The minimum atomic E-state index is 0.210. The van der Waals surface area contributed by atoms with Crippen LogP contribution in [0.5, 0.6) is 0 Å². The molecule has 3 heteroatoms. The van der Waals surface area contributed by atoms with Crippen molar-refractivity contribution >= 4 is 33.9 Å². The van der Waals surface area contributed by atoms with Crippen LogP contribution >= 0.6 is 22.6 Å². The van der Waals surface area contributed by atoms with E-state index in [4.69, 9.17) is 0 Å². The Kier molecular flexibility index (Phi) is 3.33. The van der Waals surface area contributed by atoms with Gasteiger partial charge in [0, 0.05) is 18.2 Å². The molecule has 0 atom stereocenters. The second-order valence-electron chi connectivity index (χ2n) is 3.80. The van der Waals surface area contributed by atoms with Gasteiger partial charge in [-0.25, -0.2) is 0 Å². The highest BCUT2D eigenvalue weighted by atomic mass is 127. The summed E-state index contributed by atoms with van der Waals surface area (Å²) in [5.41, 5.74) is 3.15. The molecule has 2 aromatic rings. The van der Waals surface area contributed by atoms with Crippen LogP contribution in [-0.4, -0.2) is 10.2 Å². The molecule has 0 amide bonds. The average molecular weight is 327 g/mol. The zero-order chi connectivity index (χ0) is 11.7. The highest BCUT2D eigenvalue weighted by Gasteiger charge is 2.11. The molecule has 0 bridgehead atoms. The summed E-state index contributed by atoms with van der Waals surface area (Å²) < 4.78 is 3.24. The van der Waals surface area contributed by atoms with E-state index in [1.165, 1.54) is 5.56 Å². The van der Waals surface area contributed by atoms with Crippen molar-refractivity contribution in [3.8, 4) is 0 Å². The minimum absolute atomic E-state index is 0.210. The van der Waals surface area contributed by atoms with Gasteiger partial charge in [-0.2, -0.15) is 0 Å². The van der Waals surface area contributed by atoms with Gasteiger partial charge >= 0.3 is 0 Å². The number of ketones is 1. The Hall–Kier alpha value is -0.840. The van der Waals surface area contributed by atoms with Gasteiger partial charge in [-0.05, 0) is 52.8 Å². The Labute approximate surface area is 109 Å². The molecule has 0 N–H and O–H groups in total. The molecule has 2 nitrogen and oxygen atoms in total. The number of halogens is 1. The van der Waals surface area contributed by atoms with Crippen LogP contribution in [0.3, 0.4) is 0 Å². The van der Waals surface area contributed by atoms with Gasteiger partial charge in [0.25, 0.3) is 0 Å². The number of hydrogen-bond acceptors (Lipinski definition) is 1. The molecule has 0 spiro atoms. The van der Waals surface area contributed by atoms with Crippen molar-refractivity contribution in [3.63, 3.8) is 0 Å². The average Bonchev–Trinajstić information content (AvgIpc) is 2.73. The molecule has 0 aliphatic carbocycles. The minimum Gasteiger partial charge on any atom is -0.311 e. The number of nitrogens with zero attached hydrogens (tertiary/aromatic N) is 1. The summed E-state index contributed by atoms with van der Waals surface area (Å²) in [6, 6.07) is 6.04. The molecule has 84 valence electrons. The lowest BCUT2D eigenvalue weighted by atomic mass is 10.1. The molecule has 0 saturated heterocycles. The van der Waals surface area contributed by atoms with Crippen molar-refractivity contribution < 1.29 is 4.79 Å². The van der Waals surface area contributed by atoms with E-state index >= 15 is 0 Å². The van der Waals surface area contributed by atoms with Crippen LogP contribution in [0.2, 0.25) is 0 Å². The Morgan fingerprint density at radius 1 is 1.38 bits per heavy atom. The van der Waals surface area contributed by atoms with Crippen molar-refractivity contribution in [3.05, 3.63) is 39.2 Å². The van der Waals surface area contributed by atoms with E-state index in [9.17, 15) is 4.79 Å². The maximum atomic E-state index is 11.8. The SMILES string of the molecule is CCC(=O)c1ccc(I)n2cc(CC)cc12. The topological polar surface area (TPSA) is 21.5 Å². The lowest BCUT2D eigenvalue weighted by molar-refractivity contribution is 0.0989. The van der Waals surface area contributed by atoms with Gasteiger partial charge in [0.05, 0.1) is 9.22 Å². The highest BCUT2D eigenvalue weighted by molar-refractivity contribution is 14.1. The lowest BCUT2D eigenvalue weighted by Crippen LogP contribution is -2.01. The fourth-order valence-electron chi connectivity index (χ4n) is 1.84. The molecule has 0 unspecified atom stereocenters. The molecule has 0 saturated carbocycles. The molecular weight excluding hydrogens is 313 g/mol. The first-order valence-corrected chi connectivity index (χ1v) is 6.58. The summed E-state index contributed by atoms with van der Waals surface area (Å²) >= 11 is 2.29.